The summed E-state index contributed by atoms with van der Waals surface area (Å²) in [4.78, 5) is 13.9. The van der Waals surface area contributed by atoms with Gasteiger partial charge in [0.15, 0.2) is 0 Å². The minimum atomic E-state index is -0.353. The monoisotopic (exact) mass is 381 g/mol. The van der Waals surface area contributed by atoms with Crippen molar-refractivity contribution in [3.8, 4) is 0 Å². The molecule has 0 amide bonds. The third kappa shape index (κ3) is 6.01. The van der Waals surface area contributed by atoms with Crippen molar-refractivity contribution in [1.29, 1.82) is 0 Å². The summed E-state index contributed by atoms with van der Waals surface area (Å²) >= 11 is 12.1. The van der Waals surface area contributed by atoms with Gasteiger partial charge in [-0.25, -0.2) is 4.79 Å². The zero-order valence-electron chi connectivity index (χ0n) is 14.0. The average Bonchev–Trinajstić information content (AvgIpc) is 2.62. The highest BCUT2D eigenvalue weighted by Crippen LogP contribution is 2.23. The summed E-state index contributed by atoms with van der Waals surface area (Å²) < 4.78 is 4.77. The van der Waals surface area contributed by atoms with Crippen molar-refractivity contribution in [3.63, 3.8) is 0 Å². The van der Waals surface area contributed by atoms with E-state index in [1.54, 1.807) is 12.1 Å². The van der Waals surface area contributed by atoms with Crippen LogP contribution < -0.4 is 0 Å². The predicted molar refractivity (Wildman–Crippen MR) is 100 cm³/mol. The molecule has 2 aromatic carbocycles. The Balaban J connectivity index is 2.14. The molecule has 0 aliphatic carbocycles. The SMILES string of the molecule is COC(=O)c1cccc(CN(CCCO)Cc2ccc(Cl)c(Cl)c2)c1. The van der Waals surface area contributed by atoms with Gasteiger partial charge < -0.3 is 9.84 Å². The zero-order valence-corrected chi connectivity index (χ0v) is 15.6. The Kier molecular flexibility index (Phi) is 7.72. The van der Waals surface area contributed by atoms with Crippen LogP contribution in [-0.4, -0.2) is 36.2 Å². The Morgan fingerprint density at radius 1 is 1.08 bits per heavy atom. The number of hydrogen-bond acceptors (Lipinski definition) is 4. The number of benzene rings is 2. The van der Waals surface area contributed by atoms with Crippen LogP contribution in [-0.2, 0) is 17.8 Å². The minimum absolute atomic E-state index is 0.125. The molecule has 0 aromatic heterocycles. The van der Waals surface area contributed by atoms with Gasteiger partial charge in [0.1, 0.15) is 0 Å². The lowest BCUT2D eigenvalue weighted by molar-refractivity contribution is 0.0600. The van der Waals surface area contributed by atoms with Crippen molar-refractivity contribution in [2.24, 2.45) is 0 Å². The maximum Gasteiger partial charge on any atom is 0.337 e. The van der Waals surface area contributed by atoms with Gasteiger partial charge >= 0.3 is 5.97 Å². The predicted octanol–water partition coefficient (Wildman–Crippen LogP) is 4.16. The highest BCUT2D eigenvalue weighted by atomic mass is 35.5. The second-order valence-corrected chi connectivity index (χ2v) is 6.54. The van der Waals surface area contributed by atoms with Gasteiger partial charge in [-0.05, 0) is 41.8 Å². The summed E-state index contributed by atoms with van der Waals surface area (Å²) in [7, 11) is 1.37. The topological polar surface area (TPSA) is 49.8 Å². The molecule has 0 atom stereocenters. The normalized spacial score (nSPS) is 10.9. The van der Waals surface area contributed by atoms with Crippen LogP contribution in [0.1, 0.15) is 27.9 Å². The number of methoxy groups -OCH3 is 1. The molecule has 0 aliphatic heterocycles. The first-order valence-electron chi connectivity index (χ1n) is 7.98. The Labute approximate surface area is 157 Å². The van der Waals surface area contributed by atoms with Crippen molar-refractivity contribution in [1.82, 2.24) is 4.90 Å². The van der Waals surface area contributed by atoms with Crippen LogP contribution in [0.3, 0.4) is 0 Å². The van der Waals surface area contributed by atoms with E-state index in [4.69, 9.17) is 33.0 Å². The van der Waals surface area contributed by atoms with Gasteiger partial charge in [0.2, 0.25) is 0 Å². The lowest BCUT2D eigenvalue weighted by Crippen LogP contribution is -2.25. The summed E-state index contributed by atoms with van der Waals surface area (Å²) in [5.41, 5.74) is 2.56. The Morgan fingerprint density at radius 2 is 1.80 bits per heavy atom. The molecule has 1 N–H and O–H groups in total. The van der Waals surface area contributed by atoms with Crippen LogP contribution in [0, 0.1) is 0 Å². The molecule has 2 rings (SSSR count). The zero-order chi connectivity index (χ0) is 18.2. The van der Waals surface area contributed by atoms with Crippen molar-refractivity contribution < 1.29 is 14.6 Å². The number of rotatable bonds is 8. The molecule has 0 radical (unpaired) electrons. The van der Waals surface area contributed by atoms with E-state index in [2.05, 4.69) is 4.90 Å². The maximum absolute atomic E-state index is 11.7. The van der Waals surface area contributed by atoms with Gasteiger partial charge in [-0.1, -0.05) is 41.4 Å². The second-order valence-electron chi connectivity index (χ2n) is 5.73. The number of aliphatic hydroxyl groups excluding tert-OH is 1. The Hall–Kier alpha value is -1.59. The molecular formula is C19H21Cl2NO3. The fraction of sp³-hybridized carbons (Fsp3) is 0.316. The molecule has 2 aromatic rings. The molecule has 0 aliphatic rings. The number of halogens is 2. The van der Waals surface area contributed by atoms with Crippen molar-refractivity contribution in [2.45, 2.75) is 19.5 Å². The van der Waals surface area contributed by atoms with Crippen LogP contribution in [0.15, 0.2) is 42.5 Å². The molecule has 0 saturated heterocycles. The maximum atomic E-state index is 11.7. The molecule has 0 saturated carbocycles. The third-order valence-corrected chi connectivity index (χ3v) is 4.52. The quantitative estimate of drug-likeness (QED) is 0.697. The summed E-state index contributed by atoms with van der Waals surface area (Å²) in [5.74, 6) is -0.353. The highest BCUT2D eigenvalue weighted by molar-refractivity contribution is 6.42. The van der Waals surface area contributed by atoms with Crippen LogP contribution in [0.5, 0.6) is 0 Å². The van der Waals surface area contributed by atoms with E-state index in [1.165, 1.54) is 7.11 Å². The molecule has 4 nitrogen and oxygen atoms in total. The molecule has 25 heavy (non-hydrogen) atoms. The summed E-state index contributed by atoms with van der Waals surface area (Å²) in [5, 5.41) is 10.2. The number of esters is 1. The van der Waals surface area contributed by atoms with E-state index < -0.39 is 0 Å². The largest absolute Gasteiger partial charge is 0.465 e. The van der Waals surface area contributed by atoms with Gasteiger partial charge in [-0.2, -0.15) is 0 Å². The van der Waals surface area contributed by atoms with E-state index in [1.807, 2.05) is 30.3 Å². The van der Waals surface area contributed by atoms with E-state index in [0.29, 0.717) is 35.1 Å². The second kappa shape index (κ2) is 9.78. The number of ether oxygens (including phenoxy) is 1. The van der Waals surface area contributed by atoms with Gasteiger partial charge in [-0.15, -0.1) is 0 Å². The molecular weight excluding hydrogens is 361 g/mol. The highest BCUT2D eigenvalue weighted by Gasteiger charge is 2.11. The van der Waals surface area contributed by atoms with Crippen LogP contribution >= 0.6 is 23.2 Å². The van der Waals surface area contributed by atoms with Crippen molar-refractivity contribution in [3.05, 3.63) is 69.2 Å². The molecule has 0 fully saturated rings. The molecule has 0 spiro atoms. The Morgan fingerprint density at radius 3 is 2.44 bits per heavy atom. The molecule has 0 unspecified atom stereocenters. The minimum Gasteiger partial charge on any atom is -0.465 e. The third-order valence-electron chi connectivity index (χ3n) is 3.78. The number of carbonyl (C=O) groups is 1. The molecule has 0 heterocycles. The van der Waals surface area contributed by atoms with Crippen LogP contribution in [0.25, 0.3) is 0 Å². The first kappa shape index (κ1) is 19.7. The lowest BCUT2D eigenvalue weighted by atomic mass is 10.1. The summed E-state index contributed by atoms with van der Waals surface area (Å²) in [6.45, 7) is 2.16. The van der Waals surface area contributed by atoms with Gasteiger partial charge in [0.05, 0.1) is 22.7 Å². The fourth-order valence-corrected chi connectivity index (χ4v) is 2.90. The molecule has 6 heteroatoms. The first-order valence-corrected chi connectivity index (χ1v) is 8.73. The van der Waals surface area contributed by atoms with Gasteiger partial charge in [-0.3, -0.25) is 4.90 Å². The summed E-state index contributed by atoms with van der Waals surface area (Å²) in [6.07, 6.45) is 0.665. The van der Waals surface area contributed by atoms with E-state index in [-0.39, 0.29) is 12.6 Å². The average molecular weight is 382 g/mol. The van der Waals surface area contributed by atoms with Crippen LogP contribution in [0.2, 0.25) is 10.0 Å². The van der Waals surface area contributed by atoms with Crippen molar-refractivity contribution in [2.75, 3.05) is 20.3 Å². The van der Waals surface area contributed by atoms with Gasteiger partial charge in [0.25, 0.3) is 0 Å². The number of aliphatic hydroxyl groups is 1. The number of hydrogen-bond donors (Lipinski definition) is 1. The van der Waals surface area contributed by atoms with E-state index >= 15 is 0 Å². The molecule has 134 valence electrons. The van der Waals surface area contributed by atoms with E-state index in [9.17, 15) is 4.79 Å². The van der Waals surface area contributed by atoms with E-state index in [0.717, 1.165) is 17.7 Å². The lowest BCUT2D eigenvalue weighted by Gasteiger charge is -2.22. The van der Waals surface area contributed by atoms with Crippen molar-refractivity contribution >= 4 is 29.2 Å². The summed E-state index contributed by atoms with van der Waals surface area (Å²) in [6, 6.07) is 12.9. The van der Waals surface area contributed by atoms with Crippen LogP contribution in [0.4, 0.5) is 0 Å². The Bertz CT molecular complexity index is 722. The smallest absolute Gasteiger partial charge is 0.337 e. The van der Waals surface area contributed by atoms with Gasteiger partial charge in [0, 0.05) is 26.2 Å². The standard InChI is InChI=1S/C19H21Cl2NO3/c1-25-19(24)16-5-2-4-14(10-16)12-22(8-3-9-23)13-15-6-7-17(20)18(21)11-15/h2,4-7,10-11,23H,3,8-9,12-13H2,1H3. The number of carbonyl (C=O) groups excluding carboxylic acids is 1. The fourth-order valence-electron chi connectivity index (χ4n) is 2.58. The molecule has 0 bridgehead atoms. The first-order chi connectivity index (χ1) is 12.0. The number of nitrogens with zero attached hydrogens (tertiary/aromatic N) is 1.